The summed E-state index contributed by atoms with van der Waals surface area (Å²) in [6.07, 6.45) is 0. The van der Waals surface area contributed by atoms with Crippen molar-refractivity contribution in [2.45, 2.75) is 11.8 Å². The van der Waals surface area contributed by atoms with Gasteiger partial charge in [-0.15, -0.1) is 0 Å². The first kappa shape index (κ1) is 17.1. The Morgan fingerprint density at radius 3 is 2.52 bits per heavy atom. The van der Waals surface area contributed by atoms with Crippen LogP contribution in [-0.4, -0.2) is 21.4 Å². The maximum absolute atomic E-state index is 12.6. The number of anilines is 1. The van der Waals surface area contributed by atoms with Gasteiger partial charge in [-0.2, -0.15) is 0 Å². The number of sulfonamides is 1. The summed E-state index contributed by atoms with van der Waals surface area (Å²) in [5.41, 5.74) is 6.03. The van der Waals surface area contributed by atoms with Gasteiger partial charge < -0.3 is 10.5 Å². The summed E-state index contributed by atoms with van der Waals surface area (Å²) in [7, 11) is -2.52. The second-order valence-corrected chi connectivity index (χ2v) is 6.88. The average molecular weight is 355 g/mol. The van der Waals surface area contributed by atoms with Crippen molar-refractivity contribution in [3.63, 3.8) is 0 Å². The summed E-state index contributed by atoms with van der Waals surface area (Å²) >= 11 is 5.87. The second kappa shape index (κ2) is 6.47. The highest BCUT2D eigenvalue weighted by atomic mass is 35.5. The number of halogens is 1. The van der Waals surface area contributed by atoms with Crippen LogP contribution in [0.4, 0.5) is 5.69 Å². The number of carbonyl (C=O) groups is 1. The fraction of sp³-hybridized carbons (Fsp3) is 0.133. The Bertz CT molecular complexity index is 866. The van der Waals surface area contributed by atoms with Crippen molar-refractivity contribution < 1.29 is 17.9 Å². The first-order valence-corrected chi connectivity index (χ1v) is 8.37. The molecule has 0 atom stereocenters. The van der Waals surface area contributed by atoms with Crippen LogP contribution in [0, 0.1) is 6.92 Å². The van der Waals surface area contributed by atoms with Crippen LogP contribution in [0.3, 0.4) is 0 Å². The number of aryl methyl sites for hydroxylation is 1. The van der Waals surface area contributed by atoms with E-state index in [0.717, 1.165) is 0 Å². The summed E-state index contributed by atoms with van der Waals surface area (Å²) in [5, 5.41) is 0.300. The van der Waals surface area contributed by atoms with Crippen molar-refractivity contribution >= 4 is 33.2 Å². The minimum atomic E-state index is -3.91. The van der Waals surface area contributed by atoms with Crippen LogP contribution in [0.15, 0.2) is 41.3 Å². The molecule has 0 aliphatic heterocycles. The third kappa shape index (κ3) is 3.75. The monoisotopic (exact) mass is 354 g/mol. The van der Waals surface area contributed by atoms with E-state index in [0.29, 0.717) is 10.6 Å². The van der Waals surface area contributed by atoms with Crippen molar-refractivity contribution in [1.82, 2.24) is 0 Å². The molecule has 0 bridgehead atoms. The molecule has 2 rings (SSSR count). The van der Waals surface area contributed by atoms with Crippen molar-refractivity contribution in [2.75, 3.05) is 11.8 Å². The van der Waals surface area contributed by atoms with Gasteiger partial charge in [0.2, 0.25) is 5.91 Å². The maximum Gasteiger partial charge on any atom is 0.262 e. The van der Waals surface area contributed by atoms with Gasteiger partial charge in [-0.25, -0.2) is 8.42 Å². The van der Waals surface area contributed by atoms with Gasteiger partial charge in [-0.3, -0.25) is 9.52 Å². The molecule has 0 unspecified atom stereocenters. The Labute approximate surface area is 139 Å². The molecule has 0 aromatic heterocycles. The lowest BCUT2D eigenvalue weighted by atomic mass is 10.2. The van der Waals surface area contributed by atoms with Crippen LogP contribution in [0.2, 0.25) is 5.02 Å². The number of hydrogen-bond acceptors (Lipinski definition) is 4. The molecule has 0 saturated heterocycles. The standard InChI is InChI=1S/C15H15ClN2O4S/c1-9-3-5-11(16)8-14(9)23(20,21)18-12-7-10(15(17)19)4-6-13(12)22-2/h3-8,18H,1-2H3,(H2,17,19). The second-order valence-electron chi connectivity index (χ2n) is 4.79. The Morgan fingerprint density at radius 2 is 1.91 bits per heavy atom. The van der Waals surface area contributed by atoms with Gasteiger partial charge in [-0.1, -0.05) is 17.7 Å². The smallest absolute Gasteiger partial charge is 0.262 e. The zero-order chi connectivity index (χ0) is 17.2. The Kier molecular flexibility index (Phi) is 4.82. The van der Waals surface area contributed by atoms with Crippen LogP contribution in [0.1, 0.15) is 15.9 Å². The molecule has 0 heterocycles. The van der Waals surface area contributed by atoms with E-state index < -0.39 is 15.9 Å². The molecule has 0 spiro atoms. The number of methoxy groups -OCH3 is 1. The molecule has 6 nitrogen and oxygen atoms in total. The van der Waals surface area contributed by atoms with E-state index in [-0.39, 0.29) is 21.9 Å². The zero-order valence-electron chi connectivity index (χ0n) is 12.5. The molecular formula is C15H15ClN2O4S. The predicted molar refractivity (Wildman–Crippen MR) is 88.5 cm³/mol. The molecule has 8 heteroatoms. The lowest BCUT2D eigenvalue weighted by Gasteiger charge is -2.14. The van der Waals surface area contributed by atoms with E-state index in [4.69, 9.17) is 22.1 Å². The number of hydrogen-bond donors (Lipinski definition) is 2. The normalized spacial score (nSPS) is 11.1. The van der Waals surface area contributed by atoms with Gasteiger partial charge >= 0.3 is 0 Å². The third-order valence-electron chi connectivity index (χ3n) is 3.17. The Morgan fingerprint density at radius 1 is 1.22 bits per heavy atom. The maximum atomic E-state index is 12.6. The van der Waals surface area contributed by atoms with E-state index in [2.05, 4.69) is 4.72 Å². The van der Waals surface area contributed by atoms with E-state index >= 15 is 0 Å². The largest absolute Gasteiger partial charge is 0.495 e. The topological polar surface area (TPSA) is 98.5 Å². The number of nitrogens with two attached hydrogens (primary N) is 1. The molecule has 2 aromatic rings. The highest BCUT2D eigenvalue weighted by Gasteiger charge is 2.20. The SMILES string of the molecule is COc1ccc(C(N)=O)cc1NS(=O)(=O)c1cc(Cl)ccc1C. The van der Waals surface area contributed by atoms with Crippen molar-refractivity contribution in [2.24, 2.45) is 5.73 Å². The summed E-state index contributed by atoms with van der Waals surface area (Å²) < 4.78 is 32.7. The van der Waals surface area contributed by atoms with E-state index in [1.165, 1.54) is 31.4 Å². The molecule has 2 aromatic carbocycles. The van der Waals surface area contributed by atoms with Gasteiger partial charge in [0.05, 0.1) is 17.7 Å². The Balaban J connectivity index is 2.50. The average Bonchev–Trinajstić information content (AvgIpc) is 2.49. The number of ether oxygens (including phenoxy) is 1. The number of amides is 1. The molecule has 0 aliphatic carbocycles. The lowest BCUT2D eigenvalue weighted by Crippen LogP contribution is -2.16. The third-order valence-corrected chi connectivity index (χ3v) is 4.91. The van der Waals surface area contributed by atoms with Gasteiger partial charge in [0.15, 0.2) is 0 Å². The molecule has 122 valence electrons. The molecule has 0 fully saturated rings. The number of nitrogens with one attached hydrogen (secondary N) is 1. The van der Waals surface area contributed by atoms with E-state index in [9.17, 15) is 13.2 Å². The van der Waals surface area contributed by atoms with Gasteiger partial charge in [0, 0.05) is 10.6 Å². The number of benzene rings is 2. The molecule has 0 radical (unpaired) electrons. The highest BCUT2D eigenvalue weighted by Crippen LogP contribution is 2.29. The lowest BCUT2D eigenvalue weighted by molar-refractivity contribution is 0.100. The van der Waals surface area contributed by atoms with E-state index in [1.807, 2.05) is 0 Å². The minimum Gasteiger partial charge on any atom is -0.495 e. The first-order chi connectivity index (χ1) is 10.7. The minimum absolute atomic E-state index is 0.0385. The summed E-state index contributed by atoms with van der Waals surface area (Å²) in [6, 6.07) is 8.78. The van der Waals surface area contributed by atoms with Gasteiger partial charge in [0.1, 0.15) is 5.75 Å². The quantitative estimate of drug-likeness (QED) is 0.861. The summed E-state index contributed by atoms with van der Waals surface area (Å²) in [5.74, 6) is -0.412. The summed E-state index contributed by atoms with van der Waals surface area (Å²) in [4.78, 5) is 11.3. The summed E-state index contributed by atoms with van der Waals surface area (Å²) in [6.45, 7) is 1.65. The van der Waals surface area contributed by atoms with E-state index in [1.54, 1.807) is 19.1 Å². The van der Waals surface area contributed by atoms with Crippen LogP contribution in [0.5, 0.6) is 5.75 Å². The van der Waals surface area contributed by atoms with Crippen LogP contribution < -0.4 is 15.2 Å². The van der Waals surface area contributed by atoms with Gasteiger partial charge in [0.25, 0.3) is 10.0 Å². The van der Waals surface area contributed by atoms with Crippen molar-refractivity contribution in [1.29, 1.82) is 0 Å². The molecule has 0 saturated carbocycles. The van der Waals surface area contributed by atoms with Crippen LogP contribution >= 0.6 is 11.6 Å². The van der Waals surface area contributed by atoms with Crippen LogP contribution in [0.25, 0.3) is 0 Å². The molecular weight excluding hydrogens is 340 g/mol. The predicted octanol–water partition coefficient (Wildman–Crippen LogP) is 2.56. The fourth-order valence-corrected chi connectivity index (χ4v) is 3.57. The fourth-order valence-electron chi connectivity index (χ4n) is 2.00. The number of carbonyl (C=O) groups excluding carboxylic acids is 1. The first-order valence-electron chi connectivity index (χ1n) is 6.51. The van der Waals surface area contributed by atoms with Crippen molar-refractivity contribution in [3.05, 3.63) is 52.5 Å². The van der Waals surface area contributed by atoms with Gasteiger partial charge in [-0.05, 0) is 42.8 Å². The van der Waals surface area contributed by atoms with Crippen molar-refractivity contribution in [3.8, 4) is 5.75 Å². The Hall–Kier alpha value is -2.25. The number of rotatable bonds is 5. The zero-order valence-corrected chi connectivity index (χ0v) is 14.0. The molecule has 3 N–H and O–H groups in total. The highest BCUT2D eigenvalue weighted by molar-refractivity contribution is 7.92. The molecule has 1 amide bonds. The van der Waals surface area contributed by atoms with Crippen LogP contribution in [-0.2, 0) is 10.0 Å². The molecule has 23 heavy (non-hydrogen) atoms. The number of primary amides is 1. The molecule has 0 aliphatic rings.